The second-order valence-corrected chi connectivity index (χ2v) is 4.46. The van der Waals surface area contributed by atoms with Crippen molar-refractivity contribution >= 4 is 5.82 Å². The lowest BCUT2D eigenvalue weighted by Gasteiger charge is -2.11. The molecule has 1 aromatic heterocycles. The predicted molar refractivity (Wildman–Crippen MR) is 76.5 cm³/mol. The molecule has 6 nitrogen and oxygen atoms in total. The number of anilines is 1. The number of hydrogen-bond donors (Lipinski definition) is 2. The van der Waals surface area contributed by atoms with E-state index in [9.17, 15) is 0 Å². The van der Waals surface area contributed by atoms with E-state index in [-0.39, 0.29) is 0 Å². The fourth-order valence-electron chi connectivity index (χ4n) is 1.82. The number of hydrogen-bond acceptors (Lipinski definition) is 6. The van der Waals surface area contributed by atoms with Crippen LogP contribution in [0.15, 0.2) is 24.3 Å². The third-order valence-corrected chi connectivity index (χ3v) is 2.72. The molecule has 0 radical (unpaired) electrons. The Balaban J connectivity index is 2.29. The first-order chi connectivity index (χ1) is 9.62. The summed E-state index contributed by atoms with van der Waals surface area (Å²) in [5.41, 5.74) is 4.71. The maximum atomic E-state index is 5.79. The van der Waals surface area contributed by atoms with Crippen molar-refractivity contribution in [1.29, 1.82) is 0 Å². The molecule has 0 saturated heterocycles. The van der Waals surface area contributed by atoms with Crippen molar-refractivity contribution in [3.63, 3.8) is 0 Å². The molecule has 0 aliphatic rings. The van der Waals surface area contributed by atoms with Crippen LogP contribution >= 0.6 is 0 Å². The monoisotopic (exact) mass is 274 g/mol. The highest BCUT2D eigenvalue weighted by Crippen LogP contribution is 2.25. The van der Waals surface area contributed by atoms with E-state index in [1.165, 1.54) is 5.56 Å². The zero-order chi connectivity index (χ0) is 14.5. The predicted octanol–water partition coefficient (Wildman–Crippen LogP) is 2.32. The maximum absolute atomic E-state index is 5.79. The molecule has 0 saturated carbocycles. The standard InChI is InChI=1S/C14H18N4O2/c1-9-4-5-11(10(2)6-9)20-14-7-12(18-15)16-13(17-14)8-19-3/h4-7H,8,15H2,1-3H3,(H,16,17,18). The number of rotatable bonds is 5. The highest BCUT2D eigenvalue weighted by atomic mass is 16.5. The molecule has 0 aliphatic heterocycles. The second-order valence-electron chi connectivity index (χ2n) is 4.46. The topological polar surface area (TPSA) is 82.3 Å². The first-order valence-electron chi connectivity index (χ1n) is 6.21. The molecule has 2 aromatic rings. The van der Waals surface area contributed by atoms with Gasteiger partial charge < -0.3 is 14.9 Å². The smallest absolute Gasteiger partial charge is 0.224 e. The Morgan fingerprint density at radius 1 is 1.20 bits per heavy atom. The van der Waals surface area contributed by atoms with Crippen molar-refractivity contribution in [3.8, 4) is 11.6 Å². The minimum atomic E-state index is 0.290. The van der Waals surface area contributed by atoms with Gasteiger partial charge >= 0.3 is 0 Å². The van der Waals surface area contributed by atoms with Gasteiger partial charge in [0.15, 0.2) is 5.82 Å². The Morgan fingerprint density at radius 3 is 2.65 bits per heavy atom. The van der Waals surface area contributed by atoms with Crippen LogP contribution in [0.4, 0.5) is 5.82 Å². The second kappa shape index (κ2) is 6.31. The third-order valence-electron chi connectivity index (χ3n) is 2.72. The summed E-state index contributed by atoms with van der Waals surface area (Å²) in [7, 11) is 1.58. The average molecular weight is 274 g/mol. The van der Waals surface area contributed by atoms with Crippen molar-refractivity contribution in [2.24, 2.45) is 5.84 Å². The highest BCUT2D eigenvalue weighted by molar-refractivity contribution is 5.41. The Bertz CT molecular complexity index is 602. The normalized spacial score (nSPS) is 10.4. The van der Waals surface area contributed by atoms with Gasteiger partial charge in [-0.3, -0.25) is 0 Å². The molecule has 1 heterocycles. The fraction of sp³-hybridized carbons (Fsp3) is 0.286. The molecule has 3 N–H and O–H groups in total. The van der Waals surface area contributed by atoms with Crippen LogP contribution in [-0.4, -0.2) is 17.1 Å². The number of benzene rings is 1. The summed E-state index contributed by atoms with van der Waals surface area (Å²) < 4.78 is 10.8. The molecular weight excluding hydrogens is 256 g/mol. The molecule has 2 rings (SSSR count). The minimum absolute atomic E-state index is 0.290. The van der Waals surface area contributed by atoms with Crippen molar-refractivity contribution in [2.45, 2.75) is 20.5 Å². The van der Waals surface area contributed by atoms with Gasteiger partial charge in [0.25, 0.3) is 0 Å². The summed E-state index contributed by atoms with van der Waals surface area (Å²) >= 11 is 0. The zero-order valence-corrected chi connectivity index (χ0v) is 11.8. The number of methoxy groups -OCH3 is 1. The van der Waals surface area contributed by atoms with Gasteiger partial charge in [-0.1, -0.05) is 17.7 Å². The number of aromatic nitrogens is 2. The van der Waals surface area contributed by atoms with E-state index in [0.29, 0.717) is 24.1 Å². The summed E-state index contributed by atoms with van der Waals surface area (Å²) in [6.07, 6.45) is 0. The summed E-state index contributed by atoms with van der Waals surface area (Å²) in [5, 5.41) is 0. The van der Waals surface area contributed by atoms with Crippen LogP contribution in [-0.2, 0) is 11.3 Å². The Hall–Kier alpha value is -2.18. The molecule has 0 fully saturated rings. The van der Waals surface area contributed by atoms with Crippen LogP contribution < -0.4 is 16.0 Å². The van der Waals surface area contributed by atoms with E-state index < -0.39 is 0 Å². The summed E-state index contributed by atoms with van der Waals surface area (Å²) in [5.74, 6) is 7.54. The Morgan fingerprint density at radius 2 is 2.00 bits per heavy atom. The van der Waals surface area contributed by atoms with Crippen LogP contribution in [0.25, 0.3) is 0 Å². The van der Waals surface area contributed by atoms with Crippen LogP contribution in [0.5, 0.6) is 11.6 Å². The highest BCUT2D eigenvalue weighted by Gasteiger charge is 2.07. The van der Waals surface area contributed by atoms with Gasteiger partial charge in [0.1, 0.15) is 18.2 Å². The minimum Gasteiger partial charge on any atom is -0.439 e. The molecule has 106 valence electrons. The average Bonchev–Trinajstić information content (AvgIpc) is 2.42. The lowest BCUT2D eigenvalue weighted by Crippen LogP contribution is -2.11. The number of aryl methyl sites for hydroxylation is 2. The van der Waals surface area contributed by atoms with Crippen molar-refractivity contribution in [2.75, 3.05) is 12.5 Å². The molecule has 0 unspecified atom stereocenters. The number of nitrogens with one attached hydrogen (secondary N) is 1. The van der Waals surface area contributed by atoms with Crippen molar-refractivity contribution in [1.82, 2.24) is 9.97 Å². The number of nitrogens with zero attached hydrogens (tertiary/aromatic N) is 2. The fourth-order valence-corrected chi connectivity index (χ4v) is 1.82. The zero-order valence-electron chi connectivity index (χ0n) is 11.8. The largest absolute Gasteiger partial charge is 0.439 e. The molecule has 0 aliphatic carbocycles. The van der Waals surface area contributed by atoms with Crippen LogP contribution in [0.3, 0.4) is 0 Å². The molecule has 0 spiro atoms. The Labute approximate surface area is 117 Å². The lowest BCUT2D eigenvalue weighted by molar-refractivity contribution is 0.177. The van der Waals surface area contributed by atoms with Gasteiger partial charge in [0.05, 0.1) is 0 Å². The van der Waals surface area contributed by atoms with E-state index in [2.05, 4.69) is 21.5 Å². The van der Waals surface area contributed by atoms with Gasteiger partial charge in [0.2, 0.25) is 5.88 Å². The van der Waals surface area contributed by atoms with Crippen LogP contribution in [0, 0.1) is 13.8 Å². The van der Waals surface area contributed by atoms with Gasteiger partial charge in [-0.05, 0) is 25.5 Å². The first kappa shape index (κ1) is 14.2. The van der Waals surface area contributed by atoms with Gasteiger partial charge in [-0.15, -0.1) is 0 Å². The summed E-state index contributed by atoms with van der Waals surface area (Å²) in [4.78, 5) is 8.44. The van der Waals surface area contributed by atoms with E-state index in [0.717, 1.165) is 11.3 Å². The molecule has 20 heavy (non-hydrogen) atoms. The Kier molecular flexibility index (Phi) is 4.49. The van der Waals surface area contributed by atoms with Gasteiger partial charge in [-0.25, -0.2) is 10.8 Å². The molecular formula is C14H18N4O2. The van der Waals surface area contributed by atoms with Gasteiger partial charge in [0, 0.05) is 13.2 Å². The maximum Gasteiger partial charge on any atom is 0.224 e. The van der Waals surface area contributed by atoms with Crippen molar-refractivity contribution in [3.05, 3.63) is 41.2 Å². The lowest BCUT2D eigenvalue weighted by atomic mass is 10.1. The first-order valence-corrected chi connectivity index (χ1v) is 6.21. The quantitative estimate of drug-likeness (QED) is 0.643. The van der Waals surface area contributed by atoms with E-state index in [4.69, 9.17) is 15.3 Å². The molecule has 6 heteroatoms. The van der Waals surface area contributed by atoms with E-state index in [1.54, 1.807) is 13.2 Å². The van der Waals surface area contributed by atoms with E-state index >= 15 is 0 Å². The molecule has 0 bridgehead atoms. The van der Waals surface area contributed by atoms with Crippen LogP contribution in [0.1, 0.15) is 17.0 Å². The van der Waals surface area contributed by atoms with E-state index in [1.807, 2.05) is 26.0 Å². The third kappa shape index (κ3) is 3.43. The number of ether oxygens (including phenoxy) is 2. The molecule has 0 atom stereocenters. The number of hydrazine groups is 1. The number of nitrogen functional groups attached to an aromatic ring is 1. The van der Waals surface area contributed by atoms with Crippen molar-refractivity contribution < 1.29 is 9.47 Å². The van der Waals surface area contributed by atoms with Gasteiger partial charge in [-0.2, -0.15) is 4.98 Å². The summed E-state index contributed by atoms with van der Waals surface area (Å²) in [6, 6.07) is 7.59. The summed E-state index contributed by atoms with van der Waals surface area (Å²) in [6.45, 7) is 4.31. The number of nitrogens with two attached hydrogens (primary N) is 1. The molecule has 0 amide bonds. The van der Waals surface area contributed by atoms with Crippen LogP contribution in [0.2, 0.25) is 0 Å². The molecule has 1 aromatic carbocycles. The SMILES string of the molecule is COCc1nc(NN)cc(Oc2ccc(C)cc2C)n1.